The van der Waals surface area contributed by atoms with Crippen LogP contribution in [0, 0.1) is 0 Å². The number of sulfonamides is 1. The Kier molecular flexibility index (Phi) is 5.38. The van der Waals surface area contributed by atoms with Crippen molar-refractivity contribution in [1.82, 2.24) is 10.0 Å². The van der Waals surface area contributed by atoms with E-state index < -0.39 is 40.8 Å². The average molecular weight is 290 g/mol. The Morgan fingerprint density at radius 1 is 1.39 bits per heavy atom. The molecule has 0 saturated carbocycles. The molecule has 5 nitrogen and oxygen atoms in total. The number of nitrogens with one attached hydrogen (secondary N) is 2. The fraction of sp³-hybridized carbons (Fsp3) is 1.00. The second-order valence-electron chi connectivity index (χ2n) is 4.19. The largest absolute Gasteiger partial charge is 0.389 e. The van der Waals surface area contributed by atoms with Gasteiger partial charge < -0.3 is 10.1 Å². The van der Waals surface area contributed by atoms with Crippen LogP contribution < -0.4 is 10.0 Å². The van der Waals surface area contributed by atoms with Gasteiger partial charge in [-0.25, -0.2) is 13.1 Å². The van der Waals surface area contributed by atoms with Crippen molar-refractivity contribution in [1.29, 1.82) is 0 Å². The monoisotopic (exact) mass is 290 g/mol. The summed E-state index contributed by atoms with van der Waals surface area (Å²) in [6, 6.07) is -0.425. The third-order valence-electron chi connectivity index (χ3n) is 2.67. The van der Waals surface area contributed by atoms with Crippen molar-refractivity contribution in [3.63, 3.8) is 0 Å². The van der Waals surface area contributed by atoms with Crippen molar-refractivity contribution in [3.05, 3.63) is 0 Å². The van der Waals surface area contributed by atoms with Gasteiger partial charge in [-0.2, -0.15) is 13.2 Å². The van der Waals surface area contributed by atoms with Gasteiger partial charge >= 0.3 is 6.18 Å². The lowest BCUT2D eigenvalue weighted by molar-refractivity contribution is -0.134. The molecule has 0 aromatic carbocycles. The van der Waals surface area contributed by atoms with Crippen molar-refractivity contribution in [2.75, 3.05) is 26.0 Å². The fourth-order valence-electron chi connectivity index (χ4n) is 1.77. The number of hydrogen-bond donors (Lipinski definition) is 2. The molecule has 1 fully saturated rings. The number of halogens is 3. The highest BCUT2D eigenvalue weighted by Gasteiger charge is 2.31. The van der Waals surface area contributed by atoms with Crippen LogP contribution in [0.4, 0.5) is 13.2 Å². The highest BCUT2D eigenvalue weighted by Crippen LogP contribution is 2.21. The van der Waals surface area contributed by atoms with Crippen LogP contribution in [0.15, 0.2) is 0 Å². The van der Waals surface area contributed by atoms with E-state index in [1.54, 1.807) is 0 Å². The van der Waals surface area contributed by atoms with E-state index in [1.807, 2.05) is 0 Å². The predicted molar refractivity (Wildman–Crippen MR) is 59.7 cm³/mol. The van der Waals surface area contributed by atoms with Gasteiger partial charge in [0.15, 0.2) is 0 Å². The van der Waals surface area contributed by atoms with Crippen molar-refractivity contribution < 1.29 is 26.3 Å². The molecule has 1 heterocycles. The van der Waals surface area contributed by atoms with E-state index in [9.17, 15) is 21.6 Å². The summed E-state index contributed by atoms with van der Waals surface area (Å²) < 4.78 is 66.3. The average Bonchev–Trinajstić information content (AvgIpc) is 2.61. The minimum Gasteiger partial charge on any atom is -0.378 e. The van der Waals surface area contributed by atoms with Crippen molar-refractivity contribution in [3.8, 4) is 0 Å². The van der Waals surface area contributed by atoms with Gasteiger partial charge in [0.2, 0.25) is 10.0 Å². The SMILES string of the molecule is CO[C@H]1CNCC1NS(=O)(=O)CCCC(F)(F)F. The first-order chi connectivity index (χ1) is 8.23. The zero-order valence-corrected chi connectivity index (χ0v) is 10.8. The van der Waals surface area contributed by atoms with Gasteiger partial charge in [-0.05, 0) is 6.42 Å². The summed E-state index contributed by atoms with van der Waals surface area (Å²) in [6.07, 6.45) is -6.14. The molecule has 1 unspecified atom stereocenters. The first-order valence-electron chi connectivity index (χ1n) is 5.54. The Hall–Kier alpha value is -0.380. The van der Waals surface area contributed by atoms with Gasteiger partial charge in [0.1, 0.15) is 0 Å². The van der Waals surface area contributed by atoms with E-state index in [4.69, 9.17) is 4.74 Å². The maximum atomic E-state index is 11.9. The van der Waals surface area contributed by atoms with Gasteiger partial charge in [-0.3, -0.25) is 0 Å². The van der Waals surface area contributed by atoms with Crippen molar-refractivity contribution in [2.24, 2.45) is 0 Å². The number of methoxy groups -OCH3 is 1. The summed E-state index contributed by atoms with van der Waals surface area (Å²) in [5.74, 6) is -0.528. The molecule has 1 saturated heterocycles. The number of rotatable bonds is 6. The summed E-state index contributed by atoms with van der Waals surface area (Å²) in [7, 11) is -2.24. The Morgan fingerprint density at radius 3 is 2.61 bits per heavy atom. The Morgan fingerprint density at radius 2 is 2.06 bits per heavy atom. The molecular formula is C9H17F3N2O3S. The van der Waals surface area contributed by atoms with Crippen molar-refractivity contribution >= 4 is 10.0 Å². The van der Waals surface area contributed by atoms with Gasteiger partial charge in [-0.1, -0.05) is 0 Å². The summed E-state index contributed by atoms with van der Waals surface area (Å²) in [6.45, 7) is 0.934. The molecule has 1 aliphatic heterocycles. The smallest absolute Gasteiger partial charge is 0.378 e. The van der Waals surface area contributed by atoms with E-state index in [0.29, 0.717) is 13.1 Å². The highest BCUT2D eigenvalue weighted by atomic mass is 32.2. The van der Waals surface area contributed by atoms with Crippen LogP contribution in [0.1, 0.15) is 12.8 Å². The molecule has 0 spiro atoms. The molecule has 108 valence electrons. The standard InChI is InChI=1S/C9H17F3N2O3S/c1-17-8-6-13-5-7(8)14-18(15,16)4-2-3-9(10,11)12/h7-8,13-14H,2-6H2,1H3/t7?,8-/m0/s1. The molecule has 0 aliphatic carbocycles. The third kappa shape index (κ3) is 5.51. The number of hydrogen-bond acceptors (Lipinski definition) is 4. The minimum absolute atomic E-state index is 0.289. The predicted octanol–water partition coefficient (Wildman–Crippen LogP) is 0.235. The van der Waals surface area contributed by atoms with E-state index in [-0.39, 0.29) is 6.10 Å². The van der Waals surface area contributed by atoms with Crippen LogP contribution in [-0.2, 0) is 14.8 Å². The first kappa shape index (κ1) is 15.7. The molecule has 0 aromatic rings. The lowest BCUT2D eigenvalue weighted by Crippen LogP contribution is -2.44. The second-order valence-corrected chi connectivity index (χ2v) is 6.07. The van der Waals surface area contributed by atoms with Gasteiger partial charge in [0.25, 0.3) is 0 Å². The zero-order chi connectivity index (χ0) is 13.8. The molecular weight excluding hydrogens is 273 g/mol. The van der Waals surface area contributed by atoms with E-state index in [0.717, 1.165) is 0 Å². The molecule has 2 atom stereocenters. The molecule has 1 aliphatic rings. The summed E-state index contributed by atoms with van der Waals surface area (Å²) in [5.41, 5.74) is 0. The Balaban J connectivity index is 2.40. The van der Waals surface area contributed by atoms with Crippen LogP contribution in [0.2, 0.25) is 0 Å². The van der Waals surface area contributed by atoms with Crippen LogP contribution in [-0.4, -0.2) is 52.7 Å². The van der Waals surface area contributed by atoms with Crippen LogP contribution in [0.25, 0.3) is 0 Å². The van der Waals surface area contributed by atoms with Crippen LogP contribution >= 0.6 is 0 Å². The summed E-state index contributed by atoms with van der Waals surface area (Å²) >= 11 is 0. The molecule has 0 amide bonds. The minimum atomic E-state index is -4.32. The first-order valence-corrected chi connectivity index (χ1v) is 7.19. The zero-order valence-electron chi connectivity index (χ0n) is 9.96. The van der Waals surface area contributed by atoms with Gasteiger partial charge in [0, 0.05) is 26.6 Å². The molecule has 0 bridgehead atoms. The molecule has 2 N–H and O–H groups in total. The molecule has 9 heteroatoms. The van der Waals surface area contributed by atoms with Crippen LogP contribution in [0.5, 0.6) is 0 Å². The maximum Gasteiger partial charge on any atom is 0.389 e. The quantitative estimate of drug-likeness (QED) is 0.735. The molecule has 1 rings (SSSR count). The van der Waals surface area contributed by atoms with Crippen molar-refractivity contribution in [2.45, 2.75) is 31.2 Å². The Bertz CT molecular complexity index is 359. The second kappa shape index (κ2) is 6.18. The number of ether oxygens (including phenoxy) is 1. The topological polar surface area (TPSA) is 67.4 Å². The van der Waals surface area contributed by atoms with E-state index >= 15 is 0 Å². The van der Waals surface area contributed by atoms with E-state index in [1.165, 1.54) is 7.11 Å². The molecule has 0 radical (unpaired) electrons. The fourth-order valence-corrected chi connectivity index (χ4v) is 3.11. The Labute approximate surface area is 104 Å². The molecule has 0 aromatic heterocycles. The third-order valence-corrected chi connectivity index (χ3v) is 4.15. The summed E-state index contributed by atoms with van der Waals surface area (Å²) in [4.78, 5) is 0. The lowest BCUT2D eigenvalue weighted by atomic mass is 10.2. The van der Waals surface area contributed by atoms with Gasteiger partial charge in [-0.15, -0.1) is 0 Å². The molecule has 18 heavy (non-hydrogen) atoms. The maximum absolute atomic E-state index is 11.9. The lowest BCUT2D eigenvalue weighted by Gasteiger charge is -2.18. The van der Waals surface area contributed by atoms with E-state index in [2.05, 4.69) is 10.0 Å². The number of alkyl halides is 3. The summed E-state index contributed by atoms with van der Waals surface area (Å²) in [5, 5.41) is 2.94. The highest BCUT2D eigenvalue weighted by molar-refractivity contribution is 7.89. The van der Waals surface area contributed by atoms with Crippen LogP contribution in [0.3, 0.4) is 0 Å². The van der Waals surface area contributed by atoms with Gasteiger partial charge in [0.05, 0.1) is 17.9 Å². The normalized spacial score (nSPS) is 25.6.